The molecule has 0 saturated heterocycles. The third-order valence-corrected chi connectivity index (χ3v) is 2.27. The minimum atomic E-state index is 0.181. The molecular formula is C8H10N2S. The highest BCUT2D eigenvalue weighted by atomic mass is 32.1. The minimum Gasteiger partial charge on any atom is -0.328 e. The van der Waals surface area contributed by atoms with Crippen LogP contribution in [0.3, 0.4) is 0 Å². The summed E-state index contributed by atoms with van der Waals surface area (Å²) in [5, 5.41) is 10.4. The summed E-state index contributed by atoms with van der Waals surface area (Å²) >= 11 is 1.60. The molecule has 0 fully saturated rings. The van der Waals surface area contributed by atoms with Crippen LogP contribution in [0.15, 0.2) is 11.4 Å². The van der Waals surface area contributed by atoms with Gasteiger partial charge in [0.15, 0.2) is 0 Å². The molecule has 3 heteroatoms. The van der Waals surface area contributed by atoms with Crippen molar-refractivity contribution in [2.24, 2.45) is 5.73 Å². The molecule has 58 valence electrons. The Kier molecular flexibility index (Phi) is 2.64. The first-order chi connectivity index (χ1) is 5.22. The van der Waals surface area contributed by atoms with Gasteiger partial charge in [0, 0.05) is 16.3 Å². The molecular weight excluding hydrogens is 156 g/mol. The van der Waals surface area contributed by atoms with Gasteiger partial charge in [-0.05, 0) is 19.4 Å². The standard InChI is InChI=1S/C8H10N2S/c1-6(10)2-8-3-7(4-9)5-11-8/h3,5-6H,2,10H2,1H3/t6-/m1/s1. The average Bonchev–Trinajstić information content (AvgIpc) is 2.34. The summed E-state index contributed by atoms with van der Waals surface area (Å²) in [4.78, 5) is 1.19. The average molecular weight is 166 g/mol. The molecule has 1 aromatic heterocycles. The molecule has 0 aliphatic carbocycles. The lowest BCUT2D eigenvalue weighted by atomic mass is 10.2. The zero-order chi connectivity index (χ0) is 8.27. The van der Waals surface area contributed by atoms with Gasteiger partial charge in [0.25, 0.3) is 0 Å². The van der Waals surface area contributed by atoms with Gasteiger partial charge < -0.3 is 5.73 Å². The van der Waals surface area contributed by atoms with Gasteiger partial charge in [-0.1, -0.05) is 0 Å². The Labute approximate surface area is 70.3 Å². The van der Waals surface area contributed by atoms with Crippen molar-refractivity contribution < 1.29 is 0 Å². The van der Waals surface area contributed by atoms with Crippen LogP contribution in [0.5, 0.6) is 0 Å². The van der Waals surface area contributed by atoms with Crippen molar-refractivity contribution in [3.63, 3.8) is 0 Å². The Bertz CT molecular complexity index is 270. The van der Waals surface area contributed by atoms with Crippen LogP contribution in [-0.4, -0.2) is 6.04 Å². The lowest BCUT2D eigenvalue weighted by Gasteiger charge is -1.99. The third-order valence-electron chi connectivity index (χ3n) is 1.31. The molecule has 2 N–H and O–H groups in total. The Morgan fingerprint density at radius 1 is 1.82 bits per heavy atom. The number of nitrogens with two attached hydrogens (primary N) is 1. The summed E-state index contributed by atoms with van der Waals surface area (Å²) < 4.78 is 0. The fraction of sp³-hybridized carbons (Fsp3) is 0.375. The van der Waals surface area contributed by atoms with E-state index in [1.165, 1.54) is 4.88 Å². The molecule has 0 aromatic carbocycles. The fourth-order valence-electron chi connectivity index (χ4n) is 0.864. The monoisotopic (exact) mass is 166 g/mol. The van der Waals surface area contributed by atoms with Crippen LogP contribution >= 0.6 is 11.3 Å². The molecule has 2 nitrogen and oxygen atoms in total. The van der Waals surface area contributed by atoms with E-state index in [1.807, 2.05) is 18.4 Å². The number of hydrogen-bond donors (Lipinski definition) is 1. The highest BCUT2D eigenvalue weighted by Gasteiger charge is 2.00. The van der Waals surface area contributed by atoms with Crippen LogP contribution in [0.25, 0.3) is 0 Å². The Morgan fingerprint density at radius 2 is 2.55 bits per heavy atom. The first kappa shape index (κ1) is 8.25. The van der Waals surface area contributed by atoms with E-state index in [0.717, 1.165) is 12.0 Å². The first-order valence-electron chi connectivity index (χ1n) is 3.45. The van der Waals surface area contributed by atoms with Gasteiger partial charge >= 0.3 is 0 Å². The van der Waals surface area contributed by atoms with Crippen LogP contribution < -0.4 is 5.73 Å². The van der Waals surface area contributed by atoms with Gasteiger partial charge in [-0.25, -0.2) is 0 Å². The molecule has 0 spiro atoms. The maximum absolute atomic E-state index is 8.51. The molecule has 11 heavy (non-hydrogen) atoms. The molecule has 0 aliphatic heterocycles. The van der Waals surface area contributed by atoms with E-state index in [4.69, 9.17) is 11.0 Å². The quantitative estimate of drug-likeness (QED) is 0.724. The van der Waals surface area contributed by atoms with Crippen LogP contribution in [0.4, 0.5) is 0 Å². The number of rotatable bonds is 2. The summed E-state index contributed by atoms with van der Waals surface area (Å²) in [5.74, 6) is 0. The SMILES string of the molecule is C[C@@H](N)Cc1cc(C#N)cs1. The van der Waals surface area contributed by atoms with Crippen LogP contribution in [0.2, 0.25) is 0 Å². The summed E-state index contributed by atoms with van der Waals surface area (Å²) in [6.07, 6.45) is 0.867. The van der Waals surface area contributed by atoms with Gasteiger partial charge in [0.1, 0.15) is 6.07 Å². The number of nitriles is 1. The molecule has 0 unspecified atom stereocenters. The summed E-state index contributed by atoms with van der Waals surface area (Å²) in [6.45, 7) is 1.96. The Hall–Kier alpha value is -0.850. The molecule has 1 atom stereocenters. The van der Waals surface area contributed by atoms with Crippen LogP contribution in [0, 0.1) is 11.3 Å². The van der Waals surface area contributed by atoms with Crippen molar-refractivity contribution in [3.8, 4) is 6.07 Å². The van der Waals surface area contributed by atoms with Crippen LogP contribution in [0.1, 0.15) is 17.4 Å². The maximum Gasteiger partial charge on any atom is 0.100 e. The smallest absolute Gasteiger partial charge is 0.100 e. The first-order valence-corrected chi connectivity index (χ1v) is 4.33. The third kappa shape index (κ3) is 2.34. The van der Waals surface area contributed by atoms with E-state index in [2.05, 4.69) is 6.07 Å². The summed E-state index contributed by atoms with van der Waals surface area (Å²) in [5.41, 5.74) is 6.34. The zero-order valence-electron chi connectivity index (χ0n) is 6.37. The molecule has 1 aromatic rings. The molecule has 1 rings (SSSR count). The predicted molar refractivity (Wildman–Crippen MR) is 46.4 cm³/mol. The van der Waals surface area contributed by atoms with E-state index in [0.29, 0.717) is 0 Å². The molecule has 0 saturated carbocycles. The van der Waals surface area contributed by atoms with E-state index >= 15 is 0 Å². The second-order valence-electron chi connectivity index (χ2n) is 2.59. The van der Waals surface area contributed by atoms with Crippen molar-refractivity contribution in [3.05, 3.63) is 21.9 Å². The van der Waals surface area contributed by atoms with Gasteiger partial charge in [-0.3, -0.25) is 0 Å². The summed E-state index contributed by atoms with van der Waals surface area (Å²) in [6, 6.07) is 4.17. The highest BCUT2D eigenvalue weighted by Crippen LogP contribution is 2.14. The van der Waals surface area contributed by atoms with Gasteiger partial charge in [-0.2, -0.15) is 5.26 Å². The van der Waals surface area contributed by atoms with Crippen molar-refractivity contribution in [1.82, 2.24) is 0 Å². The van der Waals surface area contributed by atoms with Crippen LogP contribution in [-0.2, 0) is 6.42 Å². The normalized spacial score (nSPS) is 12.5. The Morgan fingerprint density at radius 3 is 3.00 bits per heavy atom. The molecule has 0 aliphatic rings. The number of hydrogen-bond acceptors (Lipinski definition) is 3. The number of thiophene rings is 1. The fourth-order valence-corrected chi connectivity index (χ4v) is 1.82. The van der Waals surface area contributed by atoms with Crippen molar-refractivity contribution in [2.75, 3.05) is 0 Å². The highest BCUT2D eigenvalue weighted by molar-refractivity contribution is 7.10. The van der Waals surface area contributed by atoms with E-state index < -0.39 is 0 Å². The van der Waals surface area contributed by atoms with Crippen molar-refractivity contribution >= 4 is 11.3 Å². The lowest BCUT2D eigenvalue weighted by Crippen LogP contribution is -2.16. The molecule has 1 heterocycles. The second-order valence-corrected chi connectivity index (χ2v) is 3.59. The zero-order valence-corrected chi connectivity index (χ0v) is 7.19. The van der Waals surface area contributed by atoms with E-state index in [-0.39, 0.29) is 6.04 Å². The van der Waals surface area contributed by atoms with Crippen molar-refractivity contribution in [2.45, 2.75) is 19.4 Å². The maximum atomic E-state index is 8.51. The Balaban J connectivity index is 2.67. The van der Waals surface area contributed by atoms with Gasteiger partial charge in [0.05, 0.1) is 5.56 Å². The van der Waals surface area contributed by atoms with E-state index in [1.54, 1.807) is 11.3 Å². The topological polar surface area (TPSA) is 49.8 Å². The lowest BCUT2D eigenvalue weighted by molar-refractivity contribution is 0.746. The predicted octanol–water partition coefficient (Wildman–Crippen LogP) is 1.51. The minimum absolute atomic E-state index is 0.181. The van der Waals surface area contributed by atoms with Crippen molar-refractivity contribution in [1.29, 1.82) is 5.26 Å². The molecule has 0 amide bonds. The van der Waals surface area contributed by atoms with E-state index in [9.17, 15) is 0 Å². The van der Waals surface area contributed by atoms with Gasteiger partial charge in [0.2, 0.25) is 0 Å². The molecule has 0 bridgehead atoms. The van der Waals surface area contributed by atoms with Gasteiger partial charge in [-0.15, -0.1) is 11.3 Å². The largest absolute Gasteiger partial charge is 0.328 e. The number of nitrogens with zero attached hydrogens (tertiary/aromatic N) is 1. The molecule has 0 radical (unpaired) electrons. The summed E-state index contributed by atoms with van der Waals surface area (Å²) in [7, 11) is 0. The second kappa shape index (κ2) is 3.51.